The molecule has 3 nitrogen and oxygen atoms in total. The van der Waals surface area contributed by atoms with Crippen LogP contribution in [-0.4, -0.2) is 10.1 Å². The fourth-order valence-electron chi connectivity index (χ4n) is 1.66. The highest BCUT2D eigenvalue weighted by Gasteiger charge is 2.12. The predicted molar refractivity (Wildman–Crippen MR) is 65.1 cm³/mol. The number of aromatic hydroxyl groups is 1. The van der Waals surface area contributed by atoms with Crippen LogP contribution < -0.4 is 5.56 Å². The summed E-state index contributed by atoms with van der Waals surface area (Å²) in [6.45, 7) is 3.54. The van der Waals surface area contributed by atoms with Crippen LogP contribution in [0.2, 0.25) is 5.02 Å². The van der Waals surface area contributed by atoms with E-state index in [1.807, 2.05) is 0 Å². The summed E-state index contributed by atoms with van der Waals surface area (Å²) in [5.41, 5.74) is 0.505. The molecular formula is C12H10ClNO2. The molecule has 0 aliphatic heterocycles. The molecule has 0 amide bonds. The van der Waals surface area contributed by atoms with E-state index in [1.54, 1.807) is 24.3 Å². The van der Waals surface area contributed by atoms with Crippen LogP contribution in [0.5, 0.6) is 5.75 Å². The molecule has 2 rings (SSSR count). The third kappa shape index (κ3) is 1.59. The number of nitrogens with one attached hydrogen (secondary N) is 1. The number of allylic oxidation sites excluding steroid dienone is 1. The second kappa shape index (κ2) is 4.02. The summed E-state index contributed by atoms with van der Waals surface area (Å²) in [6.07, 6.45) is 1.87. The Balaban J connectivity index is 2.90. The van der Waals surface area contributed by atoms with Crippen molar-refractivity contribution in [1.82, 2.24) is 4.98 Å². The Morgan fingerprint density at radius 1 is 1.50 bits per heavy atom. The Morgan fingerprint density at radius 3 is 2.94 bits per heavy atom. The van der Waals surface area contributed by atoms with E-state index in [1.165, 1.54) is 0 Å². The summed E-state index contributed by atoms with van der Waals surface area (Å²) in [4.78, 5) is 14.3. The Kier molecular flexibility index (Phi) is 2.71. The lowest BCUT2D eigenvalue weighted by Crippen LogP contribution is -2.12. The van der Waals surface area contributed by atoms with Gasteiger partial charge in [-0.25, -0.2) is 0 Å². The Hall–Kier alpha value is -1.74. The van der Waals surface area contributed by atoms with E-state index in [-0.39, 0.29) is 16.9 Å². The molecule has 0 unspecified atom stereocenters. The summed E-state index contributed by atoms with van der Waals surface area (Å²) >= 11 is 5.98. The zero-order valence-electron chi connectivity index (χ0n) is 8.46. The van der Waals surface area contributed by atoms with Crippen LogP contribution in [-0.2, 0) is 6.42 Å². The molecule has 0 bridgehead atoms. The van der Waals surface area contributed by atoms with Gasteiger partial charge in [-0.3, -0.25) is 4.79 Å². The second-order valence-corrected chi connectivity index (χ2v) is 3.84. The lowest BCUT2D eigenvalue weighted by Gasteiger charge is -2.06. The maximum absolute atomic E-state index is 11.6. The Bertz CT molecular complexity index is 616. The van der Waals surface area contributed by atoms with E-state index >= 15 is 0 Å². The third-order valence-electron chi connectivity index (χ3n) is 2.41. The van der Waals surface area contributed by atoms with Gasteiger partial charge in [0.2, 0.25) is 0 Å². The van der Waals surface area contributed by atoms with E-state index in [9.17, 15) is 9.90 Å². The molecule has 1 heterocycles. The number of H-pyrrole nitrogens is 1. The standard InChI is InChI=1S/C12H10ClNO2/c1-2-4-7-11(15)10-8(13)5-3-6-9(10)14-12(7)16/h2-3,5-6H,1,4H2,(H2,14,15,16). The van der Waals surface area contributed by atoms with Crippen LogP contribution in [0.4, 0.5) is 0 Å². The molecule has 0 spiro atoms. The second-order valence-electron chi connectivity index (χ2n) is 3.44. The van der Waals surface area contributed by atoms with Crippen molar-refractivity contribution in [3.63, 3.8) is 0 Å². The van der Waals surface area contributed by atoms with Gasteiger partial charge in [-0.1, -0.05) is 23.7 Å². The van der Waals surface area contributed by atoms with Crippen molar-refractivity contribution in [2.75, 3.05) is 0 Å². The summed E-state index contributed by atoms with van der Waals surface area (Å²) in [6, 6.07) is 5.08. The molecule has 1 aromatic carbocycles. The maximum atomic E-state index is 11.6. The van der Waals surface area contributed by atoms with Gasteiger partial charge in [0, 0.05) is 0 Å². The van der Waals surface area contributed by atoms with Gasteiger partial charge in [-0.05, 0) is 18.6 Å². The van der Waals surface area contributed by atoms with Crippen molar-refractivity contribution in [2.45, 2.75) is 6.42 Å². The van der Waals surface area contributed by atoms with Crippen molar-refractivity contribution in [2.24, 2.45) is 0 Å². The summed E-state index contributed by atoms with van der Waals surface area (Å²) in [5.74, 6) is -0.0655. The van der Waals surface area contributed by atoms with E-state index in [0.717, 1.165) is 0 Å². The molecule has 0 aliphatic rings. The molecule has 0 radical (unpaired) electrons. The SMILES string of the molecule is C=CCc1c(O)c2c(Cl)cccc2[nH]c1=O. The first-order valence-electron chi connectivity index (χ1n) is 4.78. The van der Waals surface area contributed by atoms with Crippen molar-refractivity contribution in [3.05, 3.63) is 51.8 Å². The van der Waals surface area contributed by atoms with Crippen LogP contribution in [0.25, 0.3) is 10.9 Å². The fourth-order valence-corrected chi connectivity index (χ4v) is 1.92. The lowest BCUT2D eigenvalue weighted by atomic mass is 10.1. The normalized spacial score (nSPS) is 10.6. The molecule has 4 heteroatoms. The van der Waals surface area contributed by atoms with Crippen LogP contribution in [0.1, 0.15) is 5.56 Å². The molecule has 0 saturated carbocycles. The highest BCUT2D eigenvalue weighted by molar-refractivity contribution is 6.35. The predicted octanol–water partition coefficient (Wildman–Crippen LogP) is 2.62. The average Bonchev–Trinajstić information content (AvgIpc) is 2.24. The smallest absolute Gasteiger partial charge is 0.255 e. The fraction of sp³-hybridized carbons (Fsp3) is 0.0833. The minimum atomic E-state index is -0.313. The number of halogens is 1. The first-order chi connectivity index (χ1) is 7.65. The largest absolute Gasteiger partial charge is 0.507 e. The van der Waals surface area contributed by atoms with Crippen molar-refractivity contribution in [3.8, 4) is 5.75 Å². The number of benzene rings is 1. The summed E-state index contributed by atoms with van der Waals surface area (Å²) < 4.78 is 0. The minimum Gasteiger partial charge on any atom is -0.507 e. The number of aromatic nitrogens is 1. The van der Waals surface area contributed by atoms with Crippen LogP contribution in [0.3, 0.4) is 0 Å². The first-order valence-corrected chi connectivity index (χ1v) is 5.16. The van der Waals surface area contributed by atoms with E-state index in [2.05, 4.69) is 11.6 Å². The molecule has 0 aliphatic carbocycles. The van der Waals surface area contributed by atoms with E-state index in [0.29, 0.717) is 22.3 Å². The highest BCUT2D eigenvalue weighted by Crippen LogP contribution is 2.31. The van der Waals surface area contributed by atoms with E-state index in [4.69, 9.17) is 11.6 Å². The number of aromatic amines is 1. The molecule has 0 saturated heterocycles. The van der Waals surface area contributed by atoms with Gasteiger partial charge in [0.15, 0.2) is 0 Å². The van der Waals surface area contributed by atoms with Crippen molar-refractivity contribution in [1.29, 1.82) is 0 Å². The first kappa shape index (κ1) is 10.8. The summed E-state index contributed by atoms with van der Waals surface area (Å²) in [5, 5.41) is 10.9. The third-order valence-corrected chi connectivity index (χ3v) is 2.72. The van der Waals surface area contributed by atoms with Crippen LogP contribution in [0.15, 0.2) is 35.6 Å². The quantitative estimate of drug-likeness (QED) is 0.787. The van der Waals surface area contributed by atoms with Gasteiger partial charge in [0.05, 0.1) is 21.5 Å². The monoisotopic (exact) mass is 235 g/mol. The van der Waals surface area contributed by atoms with Gasteiger partial charge in [-0.2, -0.15) is 0 Å². The molecule has 2 N–H and O–H groups in total. The number of hydrogen-bond acceptors (Lipinski definition) is 2. The zero-order chi connectivity index (χ0) is 11.7. The molecule has 0 atom stereocenters. The Morgan fingerprint density at radius 2 is 2.25 bits per heavy atom. The number of hydrogen-bond donors (Lipinski definition) is 2. The molecule has 82 valence electrons. The van der Waals surface area contributed by atoms with Crippen molar-refractivity contribution < 1.29 is 5.11 Å². The highest BCUT2D eigenvalue weighted by atomic mass is 35.5. The van der Waals surface area contributed by atoms with Gasteiger partial charge in [0.25, 0.3) is 5.56 Å². The van der Waals surface area contributed by atoms with Gasteiger partial charge < -0.3 is 10.1 Å². The maximum Gasteiger partial charge on any atom is 0.255 e. The number of fused-ring (bicyclic) bond motifs is 1. The van der Waals surface area contributed by atoms with Gasteiger partial charge in [0.1, 0.15) is 5.75 Å². The molecule has 0 fully saturated rings. The molecule has 16 heavy (non-hydrogen) atoms. The lowest BCUT2D eigenvalue weighted by molar-refractivity contribution is 0.474. The van der Waals surface area contributed by atoms with Gasteiger partial charge in [-0.15, -0.1) is 6.58 Å². The molecule has 1 aromatic heterocycles. The van der Waals surface area contributed by atoms with Crippen LogP contribution >= 0.6 is 11.6 Å². The van der Waals surface area contributed by atoms with Gasteiger partial charge >= 0.3 is 0 Å². The number of pyridine rings is 1. The zero-order valence-corrected chi connectivity index (χ0v) is 9.21. The van der Waals surface area contributed by atoms with Crippen LogP contribution in [0, 0.1) is 0 Å². The minimum absolute atomic E-state index is 0.0655. The van der Waals surface area contributed by atoms with Crippen molar-refractivity contribution >= 4 is 22.5 Å². The van der Waals surface area contributed by atoms with E-state index < -0.39 is 0 Å². The molecule has 2 aromatic rings. The number of rotatable bonds is 2. The topological polar surface area (TPSA) is 53.1 Å². The molecular weight excluding hydrogens is 226 g/mol. The summed E-state index contributed by atoms with van der Waals surface area (Å²) in [7, 11) is 0. The average molecular weight is 236 g/mol. The Labute approximate surface area is 97.0 Å².